The average molecular weight is 732 g/mol. The van der Waals surface area contributed by atoms with Gasteiger partial charge in [-0.1, -0.05) is 121 Å². The van der Waals surface area contributed by atoms with E-state index in [1.54, 1.807) is 0 Å². The summed E-state index contributed by atoms with van der Waals surface area (Å²) in [6.45, 7) is 19.1. The number of fused-ring (bicyclic) bond motifs is 7. The minimum Gasteiger partial charge on any atom is -0.334 e. The van der Waals surface area contributed by atoms with Gasteiger partial charge in [0.05, 0.1) is 5.54 Å². The lowest BCUT2D eigenvalue weighted by molar-refractivity contribution is 0.195. The van der Waals surface area contributed by atoms with Crippen LogP contribution in [0.2, 0.25) is 0 Å². The van der Waals surface area contributed by atoms with E-state index in [1.807, 2.05) is 0 Å². The van der Waals surface area contributed by atoms with E-state index in [9.17, 15) is 0 Å². The predicted octanol–water partition coefficient (Wildman–Crippen LogP) is 12.2. The summed E-state index contributed by atoms with van der Waals surface area (Å²) in [5.74, 6) is 0.499. The van der Waals surface area contributed by atoms with Gasteiger partial charge in [0.25, 0.3) is 6.71 Å². The van der Waals surface area contributed by atoms with E-state index in [2.05, 4.69) is 197 Å². The standard InChI is InChI=1S/C52H54BN3/c1-34(2)36-20-27-44-41(32-36)51(7)28-14-15-29-52(51,8)56(44)40-25-26-43-46(33-40)55(39-23-21-37(22-24-39)50(4,5)6)48-31-35(3)30-47-49(48)53(43)42-18-12-13-19-45(42)54(47)38-16-10-9-11-17-38/h9-13,16-27,30-34H,14-15,28-29H2,1-8H3. The van der Waals surface area contributed by atoms with Crippen molar-refractivity contribution in [1.29, 1.82) is 0 Å². The molecule has 4 aliphatic rings. The van der Waals surface area contributed by atoms with Gasteiger partial charge >= 0.3 is 0 Å². The molecular formula is C52H54BN3. The van der Waals surface area contributed by atoms with E-state index in [1.165, 1.54) is 110 Å². The van der Waals surface area contributed by atoms with Crippen molar-refractivity contribution in [2.45, 2.75) is 103 Å². The van der Waals surface area contributed by atoms with Gasteiger partial charge in [0.15, 0.2) is 0 Å². The summed E-state index contributed by atoms with van der Waals surface area (Å²) in [6.07, 6.45) is 4.95. The number of benzene rings is 6. The number of hydrogen-bond acceptors (Lipinski definition) is 3. The van der Waals surface area contributed by atoms with Gasteiger partial charge in [0.2, 0.25) is 0 Å². The molecule has 10 rings (SSSR count). The van der Waals surface area contributed by atoms with E-state index in [0.29, 0.717) is 5.92 Å². The minimum atomic E-state index is -0.0272. The van der Waals surface area contributed by atoms with Crippen molar-refractivity contribution in [1.82, 2.24) is 0 Å². The van der Waals surface area contributed by atoms with Crippen LogP contribution >= 0.6 is 0 Å². The van der Waals surface area contributed by atoms with Crippen molar-refractivity contribution in [3.05, 3.63) is 150 Å². The van der Waals surface area contributed by atoms with Crippen molar-refractivity contribution >= 4 is 68.6 Å². The molecule has 0 N–H and O–H groups in total. The lowest BCUT2D eigenvalue weighted by Gasteiger charge is -2.50. The summed E-state index contributed by atoms with van der Waals surface area (Å²) < 4.78 is 0. The van der Waals surface area contributed by atoms with Crippen molar-refractivity contribution in [2.24, 2.45) is 0 Å². The number of nitrogens with zero attached hydrogens (tertiary/aromatic N) is 3. The molecule has 0 amide bonds. The van der Waals surface area contributed by atoms with E-state index in [-0.39, 0.29) is 23.1 Å². The Hall–Kier alpha value is -5.22. The SMILES string of the molecule is Cc1cc2c3c(c1)N(c1ccc(C(C)(C)C)cc1)c1cc(N4c5ccc(C(C)C)cc5C5(C)CCCCC45C)ccc1B3c1ccccc1N2c1ccccc1. The predicted molar refractivity (Wildman–Crippen MR) is 241 cm³/mol. The van der Waals surface area contributed by atoms with Crippen LogP contribution in [0.25, 0.3) is 0 Å². The maximum absolute atomic E-state index is 2.76. The smallest absolute Gasteiger partial charge is 0.252 e. The van der Waals surface area contributed by atoms with Crippen molar-refractivity contribution in [3.63, 3.8) is 0 Å². The maximum Gasteiger partial charge on any atom is 0.252 e. The highest BCUT2D eigenvalue weighted by Crippen LogP contribution is 2.61. The highest BCUT2D eigenvalue weighted by Gasteiger charge is 2.58. The van der Waals surface area contributed by atoms with Crippen molar-refractivity contribution in [2.75, 3.05) is 14.7 Å². The van der Waals surface area contributed by atoms with Crippen LogP contribution < -0.4 is 31.1 Å². The molecule has 0 aromatic heterocycles. The summed E-state index contributed by atoms with van der Waals surface area (Å²) >= 11 is 0. The maximum atomic E-state index is 2.76. The van der Waals surface area contributed by atoms with Gasteiger partial charge in [0.1, 0.15) is 0 Å². The first kappa shape index (κ1) is 35.2. The zero-order valence-electron chi connectivity index (χ0n) is 34.4. The first-order valence-electron chi connectivity index (χ1n) is 21.0. The Morgan fingerprint density at radius 3 is 1.93 bits per heavy atom. The van der Waals surface area contributed by atoms with Crippen LogP contribution in [0.5, 0.6) is 0 Å². The molecule has 1 fully saturated rings. The van der Waals surface area contributed by atoms with Crippen molar-refractivity contribution < 1.29 is 0 Å². The molecule has 1 aliphatic carbocycles. The molecule has 3 aliphatic heterocycles. The Balaban J connectivity index is 1.24. The van der Waals surface area contributed by atoms with Gasteiger partial charge in [-0.05, 0) is 137 Å². The fourth-order valence-corrected chi connectivity index (χ4v) is 11.0. The number of rotatable bonds is 4. The Bertz CT molecular complexity index is 2510. The van der Waals surface area contributed by atoms with Gasteiger partial charge < -0.3 is 14.7 Å². The summed E-state index contributed by atoms with van der Waals surface area (Å²) in [6, 6.07) is 49.2. The largest absolute Gasteiger partial charge is 0.334 e. The Morgan fingerprint density at radius 2 is 1.21 bits per heavy atom. The highest BCUT2D eigenvalue weighted by molar-refractivity contribution is 7.00. The summed E-state index contributed by atoms with van der Waals surface area (Å²) in [5.41, 5.74) is 19.9. The normalized spacial score (nSPS) is 20.7. The molecule has 1 saturated carbocycles. The van der Waals surface area contributed by atoms with Crippen molar-refractivity contribution in [3.8, 4) is 0 Å². The van der Waals surface area contributed by atoms with Crippen LogP contribution in [0, 0.1) is 6.92 Å². The third kappa shape index (κ3) is 4.97. The van der Waals surface area contributed by atoms with Gasteiger partial charge in [-0.3, -0.25) is 0 Å². The topological polar surface area (TPSA) is 9.72 Å². The number of aryl methyl sites for hydroxylation is 1. The highest BCUT2D eigenvalue weighted by atomic mass is 15.3. The third-order valence-electron chi connectivity index (χ3n) is 14.2. The molecule has 6 aromatic rings. The monoisotopic (exact) mass is 731 g/mol. The Kier molecular flexibility index (Phi) is 7.79. The molecular weight excluding hydrogens is 677 g/mol. The molecule has 4 heteroatoms. The minimum absolute atomic E-state index is 0.0272. The molecule has 0 saturated heterocycles. The second kappa shape index (κ2) is 12.4. The first-order valence-corrected chi connectivity index (χ1v) is 21.0. The van der Waals surface area contributed by atoms with Gasteiger partial charge in [-0.15, -0.1) is 0 Å². The molecule has 2 unspecified atom stereocenters. The average Bonchev–Trinajstić information content (AvgIpc) is 3.40. The second-order valence-electron chi connectivity index (χ2n) is 18.8. The Labute approximate surface area is 335 Å². The summed E-state index contributed by atoms with van der Waals surface area (Å²) in [5, 5.41) is 0. The summed E-state index contributed by atoms with van der Waals surface area (Å²) in [7, 11) is 0. The van der Waals surface area contributed by atoms with Gasteiger partial charge in [0, 0.05) is 50.9 Å². The van der Waals surface area contributed by atoms with Crippen LogP contribution in [-0.2, 0) is 10.8 Å². The molecule has 280 valence electrons. The van der Waals surface area contributed by atoms with Crippen LogP contribution in [-0.4, -0.2) is 12.3 Å². The first-order chi connectivity index (χ1) is 26.9. The van der Waals surface area contributed by atoms with Crippen LogP contribution in [0.15, 0.2) is 127 Å². The van der Waals surface area contributed by atoms with E-state index >= 15 is 0 Å². The lowest BCUT2D eigenvalue weighted by Crippen LogP contribution is -2.61. The number of hydrogen-bond donors (Lipinski definition) is 0. The molecule has 2 atom stereocenters. The number of para-hydroxylation sites is 2. The van der Waals surface area contributed by atoms with Gasteiger partial charge in [-0.2, -0.15) is 0 Å². The van der Waals surface area contributed by atoms with E-state index in [0.717, 1.165) is 0 Å². The summed E-state index contributed by atoms with van der Waals surface area (Å²) in [4.78, 5) is 7.84. The second-order valence-corrected chi connectivity index (χ2v) is 18.8. The molecule has 6 aromatic carbocycles. The van der Waals surface area contributed by atoms with E-state index < -0.39 is 0 Å². The molecule has 0 spiro atoms. The fraction of sp³-hybridized carbons (Fsp3) is 0.308. The third-order valence-corrected chi connectivity index (χ3v) is 14.2. The zero-order valence-corrected chi connectivity index (χ0v) is 34.4. The quantitative estimate of drug-likeness (QED) is 0.167. The molecule has 56 heavy (non-hydrogen) atoms. The van der Waals surface area contributed by atoms with E-state index in [4.69, 9.17) is 0 Å². The number of anilines is 8. The fourth-order valence-electron chi connectivity index (χ4n) is 11.0. The molecule has 3 heterocycles. The molecule has 0 radical (unpaired) electrons. The zero-order chi connectivity index (χ0) is 38.7. The van der Waals surface area contributed by atoms with Crippen LogP contribution in [0.1, 0.15) is 102 Å². The van der Waals surface area contributed by atoms with Crippen LogP contribution in [0.3, 0.4) is 0 Å². The lowest BCUT2D eigenvalue weighted by atomic mass is 9.33. The molecule has 0 bridgehead atoms. The van der Waals surface area contributed by atoms with Gasteiger partial charge in [-0.25, -0.2) is 0 Å². The molecule has 3 nitrogen and oxygen atoms in total. The van der Waals surface area contributed by atoms with Crippen LogP contribution in [0.4, 0.5) is 45.5 Å². The Morgan fingerprint density at radius 1 is 0.589 bits per heavy atom.